The summed E-state index contributed by atoms with van der Waals surface area (Å²) in [7, 11) is 5.26. The molecule has 4 rings (SSSR count). The Morgan fingerprint density at radius 1 is 0.717 bits per heavy atom. The van der Waals surface area contributed by atoms with E-state index in [-0.39, 0.29) is 34.5 Å². The summed E-state index contributed by atoms with van der Waals surface area (Å²) in [4.78, 5) is 25.5. The van der Waals surface area contributed by atoms with Crippen LogP contribution in [0.15, 0.2) is 36.4 Å². The third-order valence-corrected chi connectivity index (χ3v) is 8.32. The molecular formula is C34H42O19. The number of methoxy groups -OCH3 is 4. The summed E-state index contributed by atoms with van der Waals surface area (Å²) in [6, 6.07) is 5.60. The Bertz CT molecular complexity index is 1590. The molecule has 9 atom stereocenters. The lowest BCUT2D eigenvalue weighted by Gasteiger charge is -2.43. The van der Waals surface area contributed by atoms with Gasteiger partial charge in [-0.05, 0) is 47.5 Å². The van der Waals surface area contributed by atoms with Crippen molar-refractivity contribution in [2.24, 2.45) is 0 Å². The molecule has 2 fully saturated rings. The SMILES string of the molecule is COc1cc(/C=C/C(=O)OCC2OC(OC3(CO)OC(CO)C(O)C3OC(=O)/C=C/c3cc(OC)c(O)c(OC)c3)C(O)C(O)C2O)cc(OC)c1O. The zero-order valence-electron chi connectivity index (χ0n) is 28.9. The van der Waals surface area contributed by atoms with Gasteiger partial charge in [-0.2, -0.15) is 0 Å². The van der Waals surface area contributed by atoms with Crippen LogP contribution in [-0.4, -0.2) is 156 Å². The van der Waals surface area contributed by atoms with Crippen LogP contribution in [-0.2, 0) is 33.3 Å². The highest BCUT2D eigenvalue weighted by molar-refractivity contribution is 5.88. The fourth-order valence-electron chi connectivity index (χ4n) is 5.49. The highest BCUT2D eigenvalue weighted by Gasteiger charge is 2.60. The Balaban J connectivity index is 1.48. The number of phenolic OH excluding ortho intramolecular Hbond substituents is 2. The van der Waals surface area contributed by atoms with E-state index < -0.39 is 86.6 Å². The molecule has 2 aliphatic rings. The van der Waals surface area contributed by atoms with Crippen molar-refractivity contribution in [2.75, 3.05) is 48.3 Å². The Hall–Kier alpha value is -4.70. The molecule has 0 amide bonds. The summed E-state index contributed by atoms with van der Waals surface area (Å²) in [6.45, 7) is -2.69. The van der Waals surface area contributed by atoms with Crippen LogP contribution in [0.5, 0.6) is 34.5 Å². The topological polar surface area (TPSA) is 279 Å². The smallest absolute Gasteiger partial charge is 0.331 e. The fourth-order valence-corrected chi connectivity index (χ4v) is 5.49. The number of aromatic hydroxyl groups is 2. The van der Waals surface area contributed by atoms with Crippen molar-refractivity contribution in [3.05, 3.63) is 47.5 Å². The van der Waals surface area contributed by atoms with E-state index in [2.05, 4.69) is 0 Å². The summed E-state index contributed by atoms with van der Waals surface area (Å²) in [5.74, 6) is -4.86. The molecule has 0 aromatic heterocycles. The lowest BCUT2D eigenvalue weighted by atomic mass is 9.98. The number of esters is 2. The minimum absolute atomic E-state index is 0.0366. The van der Waals surface area contributed by atoms with Crippen molar-refractivity contribution in [1.82, 2.24) is 0 Å². The van der Waals surface area contributed by atoms with Crippen LogP contribution in [0.25, 0.3) is 12.2 Å². The first kappa shape index (κ1) is 41.1. The predicted octanol–water partition coefficient (Wildman–Crippen LogP) is -1.42. The highest BCUT2D eigenvalue weighted by Crippen LogP contribution is 2.40. The van der Waals surface area contributed by atoms with Gasteiger partial charge in [-0.25, -0.2) is 9.59 Å². The molecule has 292 valence electrons. The van der Waals surface area contributed by atoms with Gasteiger partial charge in [0.05, 0.1) is 35.0 Å². The largest absolute Gasteiger partial charge is 0.502 e. The summed E-state index contributed by atoms with van der Waals surface area (Å²) in [5.41, 5.74) is 0.708. The van der Waals surface area contributed by atoms with Gasteiger partial charge >= 0.3 is 11.9 Å². The quantitative estimate of drug-likeness (QED) is 0.0765. The van der Waals surface area contributed by atoms with Gasteiger partial charge in [0.2, 0.25) is 17.3 Å². The number of aliphatic hydroxyl groups excluding tert-OH is 6. The molecule has 2 aromatic carbocycles. The van der Waals surface area contributed by atoms with Crippen molar-refractivity contribution in [2.45, 2.75) is 54.8 Å². The molecule has 2 heterocycles. The maximum Gasteiger partial charge on any atom is 0.331 e. The number of rotatable bonds is 15. The molecule has 9 unspecified atom stereocenters. The summed E-state index contributed by atoms with van der Waals surface area (Å²) in [5, 5.41) is 83.3. The van der Waals surface area contributed by atoms with E-state index in [1.807, 2.05) is 0 Å². The normalized spacial score (nSPS) is 28.6. The van der Waals surface area contributed by atoms with Crippen LogP contribution in [0.2, 0.25) is 0 Å². The van der Waals surface area contributed by atoms with Crippen molar-refractivity contribution >= 4 is 24.1 Å². The van der Waals surface area contributed by atoms with Gasteiger partial charge in [-0.1, -0.05) is 0 Å². The van der Waals surface area contributed by atoms with Crippen LogP contribution in [0, 0.1) is 0 Å². The van der Waals surface area contributed by atoms with E-state index in [4.69, 9.17) is 42.6 Å². The van der Waals surface area contributed by atoms with Crippen molar-refractivity contribution in [3.63, 3.8) is 0 Å². The van der Waals surface area contributed by atoms with Gasteiger partial charge < -0.3 is 83.5 Å². The van der Waals surface area contributed by atoms with Crippen molar-refractivity contribution in [1.29, 1.82) is 0 Å². The van der Waals surface area contributed by atoms with Crippen LogP contribution < -0.4 is 18.9 Å². The highest BCUT2D eigenvalue weighted by atomic mass is 16.8. The molecule has 8 N–H and O–H groups in total. The minimum atomic E-state index is -2.51. The van der Waals surface area contributed by atoms with Gasteiger partial charge in [-0.3, -0.25) is 0 Å². The molecule has 0 spiro atoms. The molecule has 2 aromatic rings. The Morgan fingerprint density at radius 2 is 1.21 bits per heavy atom. The second kappa shape index (κ2) is 17.9. The first-order valence-corrected chi connectivity index (χ1v) is 15.8. The second-order valence-corrected chi connectivity index (χ2v) is 11.6. The molecule has 0 radical (unpaired) electrons. The molecule has 53 heavy (non-hydrogen) atoms. The van der Waals surface area contributed by atoms with Crippen molar-refractivity contribution < 1.29 is 93.1 Å². The zero-order valence-corrected chi connectivity index (χ0v) is 28.9. The number of hydrogen-bond donors (Lipinski definition) is 8. The standard InChI is InChI=1S/C34H42O19/c1-45-18-9-16(10-19(46-2)26(18)39)5-7-24(37)49-14-23-28(41)30(43)31(44)33(50-23)53-34(15-36)32(29(42)22(13-35)52-34)51-25(38)8-6-17-11-20(47-3)27(40)21(12-17)48-4/h5-12,22-23,28-33,35-36,39-44H,13-15H2,1-4H3/b7-5+,8-6+. The average molecular weight is 755 g/mol. The Morgan fingerprint density at radius 3 is 1.66 bits per heavy atom. The van der Waals surface area contributed by atoms with Crippen LogP contribution in [0.4, 0.5) is 0 Å². The van der Waals surface area contributed by atoms with E-state index >= 15 is 0 Å². The molecular weight excluding hydrogens is 712 g/mol. The van der Waals surface area contributed by atoms with E-state index in [1.54, 1.807) is 0 Å². The Labute approximate surface area is 302 Å². The minimum Gasteiger partial charge on any atom is -0.502 e. The monoisotopic (exact) mass is 754 g/mol. The number of phenols is 2. The third-order valence-electron chi connectivity index (χ3n) is 8.32. The number of carbonyl (C=O) groups excluding carboxylic acids is 2. The molecule has 0 saturated carbocycles. The van der Waals surface area contributed by atoms with Gasteiger partial charge in [-0.15, -0.1) is 0 Å². The predicted molar refractivity (Wildman–Crippen MR) is 177 cm³/mol. The lowest BCUT2D eigenvalue weighted by Crippen LogP contribution is -2.63. The number of hydrogen-bond acceptors (Lipinski definition) is 19. The first-order chi connectivity index (χ1) is 25.3. The van der Waals surface area contributed by atoms with Crippen LogP contribution in [0.3, 0.4) is 0 Å². The molecule has 2 aliphatic heterocycles. The maximum absolute atomic E-state index is 12.9. The third kappa shape index (κ3) is 9.10. The average Bonchev–Trinajstić information content (AvgIpc) is 3.42. The first-order valence-electron chi connectivity index (χ1n) is 15.8. The van der Waals surface area contributed by atoms with E-state index in [1.165, 1.54) is 64.9 Å². The van der Waals surface area contributed by atoms with Gasteiger partial charge in [0, 0.05) is 12.2 Å². The number of ether oxygens (including phenoxy) is 9. The number of carbonyl (C=O) groups is 2. The van der Waals surface area contributed by atoms with Crippen LogP contribution in [0.1, 0.15) is 11.1 Å². The maximum atomic E-state index is 12.9. The molecule has 0 aliphatic carbocycles. The Kier molecular flexibility index (Phi) is 13.9. The van der Waals surface area contributed by atoms with E-state index in [0.29, 0.717) is 11.1 Å². The summed E-state index contributed by atoms with van der Waals surface area (Å²) < 4.78 is 47.8. The van der Waals surface area contributed by atoms with Gasteiger partial charge in [0.1, 0.15) is 49.8 Å². The number of benzene rings is 2. The summed E-state index contributed by atoms with van der Waals surface area (Å²) in [6.07, 6.45) is -9.97. The lowest BCUT2D eigenvalue weighted by molar-refractivity contribution is -0.383. The second-order valence-electron chi connectivity index (χ2n) is 11.6. The fraction of sp³-hybridized carbons (Fsp3) is 0.471. The zero-order chi connectivity index (χ0) is 39.0. The van der Waals surface area contributed by atoms with Gasteiger partial charge in [0.25, 0.3) is 0 Å². The molecule has 2 saturated heterocycles. The molecule has 19 heteroatoms. The summed E-state index contributed by atoms with van der Waals surface area (Å²) >= 11 is 0. The van der Waals surface area contributed by atoms with Crippen molar-refractivity contribution in [3.8, 4) is 34.5 Å². The van der Waals surface area contributed by atoms with E-state index in [0.717, 1.165) is 12.2 Å². The van der Waals surface area contributed by atoms with E-state index in [9.17, 15) is 50.4 Å². The van der Waals surface area contributed by atoms with Crippen LogP contribution >= 0.6 is 0 Å². The van der Waals surface area contributed by atoms with Gasteiger partial charge in [0.15, 0.2) is 35.4 Å². The molecule has 0 bridgehead atoms. The molecule has 19 nitrogen and oxygen atoms in total. The number of aliphatic hydroxyl groups is 6.